The molecule has 2 heteroatoms. The van der Waals surface area contributed by atoms with E-state index < -0.39 is 0 Å². The molecule has 33 heavy (non-hydrogen) atoms. The van der Waals surface area contributed by atoms with E-state index in [9.17, 15) is 0 Å². The smallest absolute Gasteiger partial charge is 0.100 e. The summed E-state index contributed by atoms with van der Waals surface area (Å²) in [5, 5.41) is 5.23. The number of allylic oxidation sites excluding steroid dienone is 5. The quantitative estimate of drug-likeness (QED) is 0.354. The molecular weight excluding hydrogens is 400 g/mol. The first kappa shape index (κ1) is 23.8. The third-order valence-corrected chi connectivity index (χ3v) is 7.80. The molecule has 1 fully saturated rings. The van der Waals surface area contributed by atoms with Gasteiger partial charge in [-0.15, -0.1) is 6.58 Å². The topological polar surface area (TPSA) is 17.8 Å². The molecule has 1 aromatic heterocycles. The molecule has 2 nitrogen and oxygen atoms in total. The van der Waals surface area contributed by atoms with Crippen LogP contribution in [0.15, 0.2) is 60.2 Å². The minimum absolute atomic E-state index is 0.750. The highest BCUT2D eigenvalue weighted by molar-refractivity contribution is 5.86. The van der Waals surface area contributed by atoms with Gasteiger partial charge in [0.15, 0.2) is 0 Å². The Balaban J connectivity index is 1.52. The standard InChI is InChI=1S/C31H42N2/c1-5-25-12-10-16-29(21-25)30-24(4)33(32-31(30)28-14-7-6-8-15-28)22-27-19-17-26(18-20-27)13-9-11-23(2)3/h6-8,14-16,21,26-27H,2,5,9-13,17-20,22H2,1,3-4H3. The maximum Gasteiger partial charge on any atom is 0.100 e. The fourth-order valence-corrected chi connectivity index (χ4v) is 5.72. The number of aromatic nitrogens is 2. The summed E-state index contributed by atoms with van der Waals surface area (Å²) in [5.41, 5.74) is 9.33. The molecule has 0 bridgehead atoms. The van der Waals surface area contributed by atoms with E-state index >= 15 is 0 Å². The Labute approximate surface area is 201 Å². The number of benzene rings is 1. The van der Waals surface area contributed by atoms with E-state index in [1.807, 2.05) is 0 Å². The fraction of sp³-hybridized carbons (Fsp3) is 0.516. The third-order valence-electron chi connectivity index (χ3n) is 7.80. The summed E-state index contributed by atoms with van der Waals surface area (Å²) in [6.07, 6.45) is 17.7. The second-order valence-corrected chi connectivity index (χ2v) is 10.4. The lowest BCUT2D eigenvalue weighted by Gasteiger charge is -2.28. The predicted octanol–water partition coefficient (Wildman–Crippen LogP) is 8.92. The normalized spacial score (nSPS) is 20.9. The molecule has 2 aliphatic rings. The minimum atomic E-state index is 0.750. The zero-order chi connectivity index (χ0) is 23.2. The monoisotopic (exact) mass is 442 g/mol. The molecule has 0 radical (unpaired) electrons. The molecule has 0 saturated heterocycles. The van der Waals surface area contributed by atoms with Crippen LogP contribution in [0, 0.1) is 18.8 Å². The third kappa shape index (κ3) is 5.96. The molecule has 0 unspecified atom stereocenters. The zero-order valence-corrected chi connectivity index (χ0v) is 21.1. The highest BCUT2D eigenvalue weighted by Crippen LogP contribution is 2.37. The average molecular weight is 443 g/mol. The Morgan fingerprint density at radius 3 is 2.52 bits per heavy atom. The minimum Gasteiger partial charge on any atom is -0.268 e. The molecule has 1 heterocycles. The molecule has 2 aliphatic carbocycles. The van der Waals surface area contributed by atoms with Crippen molar-refractivity contribution in [2.75, 3.05) is 0 Å². The Bertz CT molecular complexity index is 997. The van der Waals surface area contributed by atoms with E-state index in [1.54, 1.807) is 5.57 Å². The Morgan fingerprint density at radius 2 is 1.82 bits per heavy atom. The Morgan fingerprint density at radius 1 is 1.09 bits per heavy atom. The number of hydrogen-bond donors (Lipinski definition) is 0. The predicted molar refractivity (Wildman–Crippen MR) is 142 cm³/mol. The highest BCUT2D eigenvalue weighted by Gasteiger charge is 2.25. The van der Waals surface area contributed by atoms with Crippen LogP contribution in [0.25, 0.3) is 16.8 Å². The Hall–Kier alpha value is -2.35. The van der Waals surface area contributed by atoms with Gasteiger partial charge >= 0.3 is 0 Å². The Kier molecular flexibility index (Phi) is 8.06. The summed E-state index contributed by atoms with van der Waals surface area (Å²) in [4.78, 5) is 0. The molecule has 1 saturated carbocycles. The molecule has 4 rings (SSSR count). The lowest BCUT2D eigenvalue weighted by Crippen LogP contribution is -2.20. The van der Waals surface area contributed by atoms with E-state index in [0.29, 0.717) is 0 Å². The van der Waals surface area contributed by atoms with Crippen molar-refractivity contribution < 1.29 is 0 Å². The van der Waals surface area contributed by atoms with Crippen molar-refractivity contribution >= 4 is 5.57 Å². The summed E-state index contributed by atoms with van der Waals surface area (Å²) < 4.78 is 2.33. The molecule has 0 N–H and O–H groups in total. The largest absolute Gasteiger partial charge is 0.268 e. The van der Waals surface area contributed by atoms with Crippen LogP contribution in [-0.4, -0.2) is 9.78 Å². The first-order valence-electron chi connectivity index (χ1n) is 13.2. The van der Waals surface area contributed by atoms with Crippen molar-refractivity contribution in [3.63, 3.8) is 0 Å². The lowest BCUT2D eigenvalue weighted by molar-refractivity contribution is 0.234. The first-order valence-corrected chi connectivity index (χ1v) is 13.2. The van der Waals surface area contributed by atoms with E-state index in [-0.39, 0.29) is 0 Å². The molecule has 0 aliphatic heterocycles. The van der Waals surface area contributed by atoms with Gasteiger partial charge in [-0.2, -0.15) is 5.10 Å². The van der Waals surface area contributed by atoms with E-state index in [2.05, 4.69) is 74.5 Å². The van der Waals surface area contributed by atoms with Gasteiger partial charge in [0.25, 0.3) is 0 Å². The first-order chi connectivity index (χ1) is 16.0. The second-order valence-electron chi connectivity index (χ2n) is 10.4. The van der Waals surface area contributed by atoms with Gasteiger partial charge in [0.1, 0.15) is 5.69 Å². The van der Waals surface area contributed by atoms with Gasteiger partial charge in [0.05, 0.1) is 0 Å². The van der Waals surface area contributed by atoms with E-state index in [0.717, 1.165) is 36.9 Å². The van der Waals surface area contributed by atoms with Crippen LogP contribution >= 0.6 is 0 Å². The molecule has 0 spiro atoms. The number of rotatable bonds is 9. The van der Waals surface area contributed by atoms with Gasteiger partial charge in [-0.05, 0) is 76.2 Å². The van der Waals surface area contributed by atoms with Crippen LogP contribution in [0.1, 0.15) is 89.3 Å². The molecule has 0 amide bonds. The van der Waals surface area contributed by atoms with Gasteiger partial charge in [0.2, 0.25) is 0 Å². The van der Waals surface area contributed by atoms with Crippen molar-refractivity contribution in [1.29, 1.82) is 0 Å². The average Bonchev–Trinajstić information content (AvgIpc) is 3.16. The summed E-state index contributed by atoms with van der Waals surface area (Å²) in [5.74, 6) is 1.67. The molecular formula is C31H42N2. The molecule has 1 aromatic carbocycles. The van der Waals surface area contributed by atoms with Crippen molar-refractivity contribution in [3.05, 3.63) is 71.5 Å². The zero-order valence-electron chi connectivity index (χ0n) is 21.1. The summed E-state index contributed by atoms with van der Waals surface area (Å²) in [7, 11) is 0. The number of hydrogen-bond acceptors (Lipinski definition) is 1. The lowest BCUT2D eigenvalue weighted by atomic mass is 9.79. The highest BCUT2D eigenvalue weighted by atomic mass is 15.3. The van der Waals surface area contributed by atoms with Gasteiger partial charge in [-0.3, -0.25) is 4.68 Å². The van der Waals surface area contributed by atoms with Gasteiger partial charge < -0.3 is 0 Å². The van der Waals surface area contributed by atoms with Crippen LogP contribution in [-0.2, 0) is 6.54 Å². The second kappa shape index (κ2) is 11.2. The molecule has 2 aromatic rings. The van der Waals surface area contributed by atoms with Gasteiger partial charge in [0, 0.05) is 23.4 Å². The SMILES string of the molecule is C=C(C)CCCC1CCC(Cn2nc(-c3ccccc3)c(C3=CCCC(CC)=C3)c2C)CC1. The van der Waals surface area contributed by atoms with Crippen LogP contribution in [0.2, 0.25) is 0 Å². The summed E-state index contributed by atoms with van der Waals surface area (Å²) >= 11 is 0. The maximum absolute atomic E-state index is 5.23. The molecule has 176 valence electrons. The van der Waals surface area contributed by atoms with Crippen LogP contribution in [0.3, 0.4) is 0 Å². The van der Waals surface area contributed by atoms with Crippen LogP contribution in [0.5, 0.6) is 0 Å². The van der Waals surface area contributed by atoms with E-state index in [1.165, 1.54) is 79.3 Å². The molecule has 0 atom stereocenters. The summed E-state index contributed by atoms with van der Waals surface area (Å²) in [6.45, 7) is 11.8. The van der Waals surface area contributed by atoms with E-state index in [4.69, 9.17) is 5.10 Å². The van der Waals surface area contributed by atoms with Crippen LogP contribution < -0.4 is 0 Å². The van der Waals surface area contributed by atoms with Gasteiger partial charge in [-0.25, -0.2) is 0 Å². The van der Waals surface area contributed by atoms with Crippen molar-refractivity contribution in [2.45, 2.75) is 91.5 Å². The van der Waals surface area contributed by atoms with Crippen molar-refractivity contribution in [3.8, 4) is 11.3 Å². The van der Waals surface area contributed by atoms with Crippen LogP contribution in [0.4, 0.5) is 0 Å². The maximum atomic E-state index is 5.23. The summed E-state index contributed by atoms with van der Waals surface area (Å²) in [6, 6.07) is 10.8. The van der Waals surface area contributed by atoms with Crippen molar-refractivity contribution in [2.24, 2.45) is 11.8 Å². The van der Waals surface area contributed by atoms with Crippen molar-refractivity contribution in [1.82, 2.24) is 9.78 Å². The number of nitrogens with zero attached hydrogens (tertiary/aromatic N) is 2. The fourth-order valence-electron chi connectivity index (χ4n) is 5.72. The van der Waals surface area contributed by atoms with Gasteiger partial charge in [-0.1, -0.05) is 79.8 Å².